The fourth-order valence-corrected chi connectivity index (χ4v) is 1.36. The molecule has 1 aromatic carbocycles. The predicted octanol–water partition coefficient (Wildman–Crippen LogP) is 2.83. The molecule has 4 heteroatoms. The Kier molecular flexibility index (Phi) is 4.69. The highest BCUT2D eigenvalue weighted by Crippen LogP contribution is 2.16. The van der Waals surface area contributed by atoms with Gasteiger partial charge in [0.15, 0.2) is 0 Å². The maximum atomic E-state index is 13.3. The summed E-state index contributed by atoms with van der Waals surface area (Å²) >= 11 is 0. The molecule has 92 valence electrons. The van der Waals surface area contributed by atoms with Crippen LogP contribution in [0.4, 0.5) is 10.1 Å². The number of hydrogen-bond donors (Lipinski definition) is 1. The Morgan fingerprint density at radius 2 is 2.12 bits per heavy atom. The van der Waals surface area contributed by atoms with Crippen LogP contribution in [0.15, 0.2) is 24.3 Å². The van der Waals surface area contributed by atoms with Crippen LogP contribution in [-0.2, 0) is 9.53 Å². The molecule has 0 unspecified atom stereocenters. The molecule has 0 aliphatic heterocycles. The number of carbonyl (C=O) groups is 1. The zero-order valence-electron chi connectivity index (χ0n) is 10.2. The Balaban J connectivity index is 2.89. The van der Waals surface area contributed by atoms with Crippen LogP contribution in [0, 0.1) is 5.82 Å². The van der Waals surface area contributed by atoms with E-state index >= 15 is 0 Å². The van der Waals surface area contributed by atoms with Gasteiger partial charge in [0, 0.05) is 17.8 Å². The molecule has 0 bridgehead atoms. The highest BCUT2D eigenvalue weighted by atomic mass is 19.1. The smallest absolute Gasteiger partial charge is 0.330 e. The van der Waals surface area contributed by atoms with Gasteiger partial charge in [-0.2, -0.15) is 0 Å². The zero-order chi connectivity index (χ0) is 12.8. The molecule has 0 fully saturated rings. The summed E-state index contributed by atoms with van der Waals surface area (Å²) in [6.45, 7) is 3.93. The second-order valence-corrected chi connectivity index (χ2v) is 3.93. The molecule has 0 amide bonds. The molecule has 0 aliphatic carbocycles. The number of esters is 1. The first kappa shape index (κ1) is 13.2. The Morgan fingerprint density at radius 3 is 2.71 bits per heavy atom. The van der Waals surface area contributed by atoms with Crippen LogP contribution in [0.5, 0.6) is 0 Å². The topological polar surface area (TPSA) is 38.3 Å². The van der Waals surface area contributed by atoms with Crippen LogP contribution < -0.4 is 5.32 Å². The van der Waals surface area contributed by atoms with Crippen LogP contribution in [0.3, 0.4) is 0 Å². The lowest BCUT2D eigenvalue weighted by Crippen LogP contribution is -2.09. The highest BCUT2D eigenvalue weighted by molar-refractivity contribution is 5.87. The number of hydrogen-bond acceptors (Lipinski definition) is 3. The van der Waals surface area contributed by atoms with Gasteiger partial charge in [-0.05, 0) is 43.7 Å². The Morgan fingerprint density at radius 1 is 1.41 bits per heavy atom. The lowest BCUT2D eigenvalue weighted by Gasteiger charge is -2.10. The van der Waals surface area contributed by atoms with Crippen molar-refractivity contribution in [1.82, 2.24) is 0 Å². The number of methoxy groups -OCH3 is 1. The molecule has 0 saturated carbocycles. The molecule has 0 spiro atoms. The molecular weight excluding hydrogens is 221 g/mol. The van der Waals surface area contributed by atoms with Gasteiger partial charge >= 0.3 is 5.97 Å². The number of rotatable bonds is 4. The molecule has 0 heterocycles. The quantitative estimate of drug-likeness (QED) is 0.646. The SMILES string of the molecule is COC(=O)/C=C/c1cc(F)cc(NC(C)C)c1. The summed E-state index contributed by atoms with van der Waals surface area (Å²) in [6, 6.07) is 4.75. The summed E-state index contributed by atoms with van der Waals surface area (Å²) in [5.74, 6) is -0.812. The third-order valence-electron chi connectivity index (χ3n) is 1.99. The fraction of sp³-hybridized carbons (Fsp3) is 0.308. The number of anilines is 1. The zero-order valence-corrected chi connectivity index (χ0v) is 10.2. The van der Waals surface area contributed by atoms with Gasteiger partial charge in [0.1, 0.15) is 5.82 Å². The third-order valence-corrected chi connectivity index (χ3v) is 1.99. The van der Waals surface area contributed by atoms with Crippen molar-refractivity contribution >= 4 is 17.7 Å². The Bertz CT molecular complexity index is 427. The molecule has 0 aromatic heterocycles. The van der Waals surface area contributed by atoms with Crippen LogP contribution in [-0.4, -0.2) is 19.1 Å². The van der Waals surface area contributed by atoms with E-state index in [0.29, 0.717) is 11.3 Å². The van der Waals surface area contributed by atoms with E-state index in [1.54, 1.807) is 6.07 Å². The fourth-order valence-electron chi connectivity index (χ4n) is 1.36. The van der Waals surface area contributed by atoms with E-state index in [0.717, 1.165) is 0 Å². The van der Waals surface area contributed by atoms with Gasteiger partial charge in [-0.25, -0.2) is 9.18 Å². The largest absolute Gasteiger partial charge is 0.466 e. The van der Waals surface area contributed by atoms with Crippen molar-refractivity contribution in [3.8, 4) is 0 Å². The van der Waals surface area contributed by atoms with E-state index in [9.17, 15) is 9.18 Å². The molecule has 17 heavy (non-hydrogen) atoms. The molecule has 3 nitrogen and oxygen atoms in total. The van der Waals surface area contributed by atoms with Gasteiger partial charge in [0.25, 0.3) is 0 Å². The molecule has 1 N–H and O–H groups in total. The first-order chi connectivity index (χ1) is 8.01. The summed E-state index contributed by atoms with van der Waals surface area (Å²) in [5, 5.41) is 3.10. The van der Waals surface area contributed by atoms with Gasteiger partial charge in [-0.3, -0.25) is 0 Å². The lowest BCUT2D eigenvalue weighted by atomic mass is 10.1. The second kappa shape index (κ2) is 6.03. The van der Waals surface area contributed by atoms with Crippen molar-refractivity contribution in [3.05, 3.63) is 35.7 Å². The van der Waals surface area contributed by atoms with Crippen molar-refractivity contribution < 1.29 is 13.9 Å². The van der Waals surface area contributed by atoms with Crippen molar-refractivity contribution in [3.63, 3.8) is 0 Å². The Labute approximate surface area is 100 Å². The van der Waals surface area contributed by atoms with Crippen molar-refractivity contribution in [2.45, 2.75) is 19.9 Å². The molecule has 0 aliphatic rings. The average Bonchev–Trinajstić information content (AvgIpc) is 2.24. The number of ether oxygens (including phenoxy) is 1. The normalized spacial score (nSPS) is 10.9. The summed E-state index contributed by atoms with van der Waals surface area (Å²) in [4.78, 5) is 10.9. The minimum Gasteiger partial charge on any atom is -0.466 e. The standard InChI is InChI=1S/C13H16FNO2/c1-9(2)15-12-7-10(6-11(14)8-12)4-5-13(16)17-3/h4-9,15H,1-3H3/b5-4+. The van der Waals surface area contributed by atoms with Gasteiger partial charge < -0.3 is 10.1 Å². The first-order valence-electron chi connectivity index (χ1n) is 5.34. The minimum atomic E-state index is -0.465. The maximum absolute atomic E-state index is 13.3. The van der Waals surface area contributed by atoms with E-state index in [1.165, 1.54) is 31.4 Å². The maximum Gasteiger partial charge on any atom is 0.330 e. The Hall–Kier alpha value is -1.84. The monoisotopic (exact) mass is 237 g/mol. The van der Waals surface area contributed by atoms with Gasteiger partial charge in [0.2, 0.25) is 0 Å². The van der Waals surface area contributed by atoms with Crippen LogP contribution in [0.25, 0.3) is 6.08 Å². The van der Waals surface area contributed by atoms with Crippen molar-refractivity contribution in [2.75, 3.05) is 12.4 Å². The number of halogens is 1. The van der Waals surface area contributed by atoms with E-state index < -0.39 is 5.97 Å². The third kappa shape index (κ3) is 4.68. The minimum absolute atomic E-state index is 0.217. The molecule has 0 saturated heterocycles. The number of nitrogens with one attached hydrogen (secondary N) is 1. The van der Waals surface area contributed by atoms with Crippen LogP contribution >= 0.6 is 0 Å². The highest BCUT2D eigenvalue weighted by Gasteiger charge is 2.01. The summed E-state index contributed by atoms with van der Waals surface area (Å²) in [7, 11) is 1.30. The first-order valence-corrected chi connectivity index (χ1v) is 5.34. The van der Waals surface area contributed by atoms with Crippen LogP contribution in [0.2, 0.25) is 0 Å². The van der Waals surface area contributed by atoms with Crippen LogP contribution in [0.1, 0.15) is 19.4 Å². The van der Waals surface area contributed by atoms with Gasteiger partial charge in [-0.1, -0.05) is 0 Å². The number of carbonyl (C=O) groups excluding carboxylic acids is 1. The lowest BCUT2D eigenvalue weighted by molar-refractivity contribution is -0.134. The van der Waals surface area contributed by atoms with E-state index in [2.05, 4.69) is 10.1 Å². The van der Waals surface area contributed by atoms with E-state index in [-0.39, 0.29) is 11.9 Å². The van der Waals surface area contributed by atoms with Crippen molar-refractivity contribution in [1.29, 1.82) is 0 Å². The molecule has 1 rings (SSSR count). The summed E-state index contributed by atoms with van der Waals surface area (Å²) < 4.78 is 17.8. The number of benzene rings is 1. The summed E-state index contributed by atoms with van der Waals surface area (Å²) in [6.07, 6.45) is 2.77. The van der Waals surface area contributed by atoms with Gasteiger partial charge in [-0.15, -0.1) is 0 Å². The molecule has 0 atom stereocenters. The molecular formula is C13H16FNO2. The molecule has 0 radical (unpaired) electrons. The second-order valence-electron chi connectivity index (χ2n) is 3.93. The average molecular weight is 237 g/mol. The predicted molar refractivity (Wildman–Crippen MR) is 66.2 cm³/mol. The summed E-state index contributed by atoms with van der Waals surface area (Å²) in [5.41, 5.74) is 1.29. The van der Waals surface area contributed by atoms with E-state index in [4.69, 9.17) is 0 Å². The van der Waals surface area contributed by atoms with E-state index in [1.807, 2.05) is 13.8 Å². The van der Waals surface area contributed by atoms with Gasteiger partial charge in [0.05, 0.1) is 7.11 Å². The van der Waals surface area contributed by atoms with Crippen molar-refractivity contribution in [2.24, 2.45) is 0 Å². The molecule has 1 aromatic rings.